The molecule has 0 spiro atoms. The molecular weight excluding hydrogens is 256 g/mol. The summed E-state index contributed by atoms with van der Waals surface area (Å²) in [6.45, 7) is 0. The summed E-state index contributed by atoms with van der Waals surface area (Å²) >= 11 is 0. The largest absolute Gasteiger partial charge is 0.393 e. The van der Waals surface area contributed by atoms with Gasteiger partial charge in [-0.15, -0.1) is 0 Å². The monoisotopic (exact) mass is 274 g/mol. The van der Waals surface area contributed by atoms with E-state index >= 15 is 0 Å². The standard InChI is InChI=1S/C14H18N4O2/c15-13(20)11-7-17-14-10(5-6-16-14)12(11)18-8-1-3-9(19)4-2-8/h5-9,19H,1-4H2,(H2,15,20)(H2,16,17,18). The molecule has 2 heterocycles. The Bertz CT molecular complexity index is 629. The maximum Gasteiger partial charge on any atom is 0.252 e. The van der Waals surface area contributed by atoms with Crippen molar-refractivity contribution in [3.63, 3.8) is 0 Å². The maximum absolute atomic E-state index is 11.6. The molecule has 0 aliphatic heterocycles. The number of carbonyl (C=O) groups is 1. The number of nitrogens with zero attached hydrogens (tertiary/aromatic N) is 1. The molecular formula is C14H18N4O2. The smallest absolute Gasteiger partial charge is 0.252 e. The zero-order valence-corrected chi connectivity index (χ0v) is 11.1. The first-order valence-corrected chi connectivity index (χ1v) is 6.85. The average Bonchev–Trinajstić information content (AvgIpc) is 2.90. The van der Waals surface area contributed by atoms with Crippen LogP contribution in [0.2, 0.25) is 0 Å². The van der Waals surface area contributed by atoms with E-state index in [9.17, 15) is 9.90 Å². The Labute approximate surface area is 116 Å². The van der Waals surface area contributed by atoms with E-state index < -0.39 is 5.91 Å². The van der Waals surface area contributed by atoms with Crippen LogP contribution in [0.3, 0.4) is 0 Å². The van der Waals surface area contributed by atoms with E-state index in [0.29, 0.717) is 5.56 Å². The molecule has 2 aromatic heterocycles. The molecule has 0 aromatic carbocycles. The van der Waals surface area contributed by atoms with E-state index in [1.165, 1.54) is 6.20 Å². The number of H-pyrrole nitrogens is 1. The highest BCUT2D eigenvalue weighted by atomic mass is 16.3. The molecule has 1 fully saturated rings. The van der Waals surface area contributed by atoms with Crippen LogP contribution in [0, 0.1) is 0 Å². The molecule has 6 heteroatoms. The predicted octanol–water partition coefficient (Wildman–Crippen LogP) is 1.38. The Morgan fingerprint density at radius 1 is 1.40 bits per heavy atom. The van der Waals surface area contributed by atoms with Crippen LogP contribution in [0.1, 0.15) is 36.0 Å². The minimum absolute atomic E-state index is 0.201. The van der Waals surface area contributed by atoms with Gasteiger partial charge in [0.25, 0.3) is 5.91 Å². The number of fused-ring (bicyclic) bond motifs is 1. The highest BCUT2D eigenvalue weighted by Crippen LogP contribution is 2.29. The fourth-order valence-corrected chi connectivity index (χ4v) is 2.77. The summed E-state index contributed by atoms with van der Waals surface area (Å²) in [7, 11) is 0. The first-order valence-electron chi connectivity index (χ1n) is 6.85. The van der Waals surface area contributed by atoms with Gasteiger partial charge in [0.1, 0.15) is 5.65 Å². The summed E-state index contributed by atoms with van der Waals surface area (Å²) in [6.07, 6.45) is 6.42. The van der Waals surface area contributed by atoms with Crippen molar-refractivity contribution < 1.29 is 9.90 Å². The van der Waals surface area contributed by atoms with Gasteiger partial charge in [0.15, 0.2) is 0 Å². The van der Waals surface area contributed by atoms with Gasteiger partial charge >= 0.3 is 0 Å². The van der Waals surface area contributed by atoms with E-state index in [1.807, 2.05) is 6.07 Å². The van der Waals surface area contributed by atoms with Crippen LogP contribution in [0.5, 0.6) is 0 Å². The van der Waals surface area contributed by atoms with Gasteiger partial charge in [-0.25, -0.2) is 4.98 Å². The summed E-state index contributed by atoms with van der Waals surface area (Å²) < 4.78 is 0. The van der Waals surface area contributed by atoms with Crippen molar-refractivity contribution in [2.45, 2.75) is 37.8 Å². The minimum atomic E-state index is -0.487. The number of primary amides is 1. The van der Waals surface area contributed by atoms with Crippen molar-refractivity contribution in [3.05, 3.63) is 24.0 Å². The number of anilines is 1. The number of aromatic nitrogens is 2. The molecule has 3 rings (SSSR count). The topological polar surface area (TPSA) is 104 Å². The van der Waals surface area contributed by atoms with E-state index in [0.717, 1.165) is 42.4 Å². The van der Waals surface area contributed by atoms with Gasteiger partial charge < -0.3 is 21.1 Å². The fourth-order valence-electron chi connectivity index (χ4n) is 2.77. The number of aliphatic hydroxyl groups excluding tert-OH is 1. The Balaban J connectivity index is 1.94. The molecule has 1 aliphatic rings. The summed E-state index contributed by atoms with van der Waals surface area (Å²) in [4.78, 5) is 18.8. The SMILES string of the molecule is NC(=O)c1cnc2[nH]ccc2c1NC1CCC(O)CC1. The van der Waals surface area contributed by atoms with Crippen molar-refractivity contribution in [2.24, 2.45) is 5.73 Å². The normalized spacial score (nSPS) is 22.9. The number of rotatable bonds is 3. The second-order valence-corrected chi connectivity index (χ2v) is 5.30. The molecule has 0 radical (unpaired) electrons. The summed E-state index contributed by atoms with van der Waals surface area (Å²) in [5, 5.41) is 13.8. The van der Waals surface area contributed by atoms with E-state index in [-0.39, 0.29) is 12.1 Å². The number of hydrogen-bond acceptors (Lipinski definition) is 4. The van der Waals surface area contributed by atoms with Gasteiger partial charge in [-0.1, -0.05) is 0 Å². The quantitative estimate of drug-likeness (QED) is 0.678. The lowest BCUT2D eigenvalue weighted by Crippen LogP contribution is -2.29. The third-order valence-corrected chi connectivity index (χ3v) is 3.90. The van der Waals surface area contributed by atoms with Crippen LogP contribution in [-0.2, 0) is 0 Å². The van der Waals surface area contributed by atoms with Gasteiger partial charge in [-0.05, 0) is 31.7 Å². The van der Waals surface area contributed by atoms with Gasteiger partial charge in [0.05, 0.1) is 17.4 Å². The highest BCUT2D eigenvalue weighted by Gasteiger charge is 2.22. The van der Waals surface area contributed by atoms with Crippen molar-refractivity contribution in [1.82, 2.24) is 9.97 Å². The molecule has 5 N–H and O–H groups in total. The van der Waals surface area contributed by atoms with Gasteiger partial charge in [-0.3, -0.25) is 4.79 Å². The lowest BCUT2D eigenvalue weighted by atomic mass is 9.92. The Kier molecular flexibility index (Phi) is 3.31. The molecule has 1 aliphatic carbocycles. The second-order valence-electron chi connectivity index (χ2n) is 5.30. The highest BCUT2D eigenvalue weighted by molar-refractivity contribution is 6.05. The summed E-state index contributed by atoms with van der Waals surface area (Å²) in [5.41, 5.74) is 7.31. The first kappa shape index (κ1) is 12.9. The summed E-state index contributed by atoms with van der Waals surface area (Å²) in [5.74, 6) is -0.487. The number of pyridine rings is 1. The molecule has 2 aromatic rings. The zero-order valence-electron chi connectivity index (χ0n) is 11.1. The third-order valence-electron chi connectivity index (χ3n) is 3.90. The number of amides is 1. The van der Waals surface area contributed by atoms with E-state index in [2.05, 4.69) is 15.3 Å². The van der Waals surface area contributed by atoms with Crippen molar-refractivity contribution >= 4 is 22.6 Å². The van der Waals surface area contributed by atoms with Crippen LogP contribution in [-0.4, -0.2) is 33.1 Å². The van der Waals surface area contributed by atoms with Crippen molar-refractivity contribution in [2.75, 3.05) is 5.32 Å². The Morgan fingerprint density at radius 3 is 2.85 bits per heavy atom. The minimum Gasteiger partial charge on any atom is -0.393 e. The van der Waals surface area contributed by atoms with E-state index in [1.54, 1.807) is 6.20 Å². The van der Waals surface area contributed by atoms with Crippen LogP contribution in [0.15, 0.2) is 18.5 Å². The number of aromatic amines is 1. The average molecular weight is 274 g/mol. The molecule has 1 saturated carbocycles. The maximum atomic E-state index is 11.6. The lowest BCUT2D eigenvalue weighted by Gasteiger charge is -2.27. The Hall–Kier alpha value is -2.08. The predicted molar refractivity (Wildman–Crippen MR) is 76.5 cm³/mol. The molecule has 0 saturated heterocycles. The number of hydrogen-bond donors (Lipinski definition) is 4. The molecule has 0 bridgehead atoms. The van der Waals surface area contributed by atoms with Crippen molar-refractivity contribution in [1.29, 1.82) is 0 Å². The molecule has 0 atom stereocenters. The molecule has 0 unspecified atom stereocenters. The van der Waals surface area contributed by atoms with Crippen LogP contribution in [0.25, 0.3) is 11.0 Å². The number of nitrogens with two attached hydrogens (primary N) is 1. The fraction of sp³-hybridized carbons (Fsp3) is 0.429. The first-order chi connectivity index (χ1) is 9.65. The second kappa shape index (κ2) is 5.13. The van der Waals surface area contributed by atoms with Crippen molar-refractivity contribution in [3.8, 4) is 0 Å². The zero-order chi connectivity index (χ0) is 14.1. The lowest BCUT2D eigenvalue weighted by molar-refractivity contribution is 0.1000. The third kappa shape index (κ3) is 2.34. The van der Waals surface area contributed by atoms with Crippen LogP contribution >= 0.6 is 0 Å². The number of nitrogens with one attached hydrogen (secondary N) is 2. The van der Waals surface area contributed by atoms with Gasteiger partial charge in [-0.2, -0.15) is 0 Å². The Morgan fingerprint density at radius 2 is 2.15 bits per heavy atom. The summed E-state index contributed by atoms with van der Waals surface area (Å²) in [6, 6.07) is 2.13. The number of aliphatic hydroxyl groups is 1. The molecule has 106 valence electrons. The molecule has 1 amide bonds. The van der Waals surface area contributed by atoms with Gasteiger partial charge in [0.2, 0.25) is 0 Å². The molecule has 20 heavy (non-hydrogen) atoms. The van der Waals surface area contributed by atoms with Crippen LogP contribution in [0.4, 0.5) is 5.69 Å². The molecule has 6 nitrogen and oxygen atoms in total. The van der Waals surface area contributed by atoms with E-state index in [4.69, 9.17) is 5.73 Å². The number of carbonyl (C=O) groups excluding carboxylic acids is 1. The van der Waals surface area contributed by atoms with Crippen LogP contribution < -0.4 is 11.1 Å². The van der Waals surface area contributed by atoms with Gasteiger partial charge in [0, 0.05) is 23.8 Å².